The van der Waals surface area contributed by atoms with Crippen molar-refractivity contribution in [2.24, 2.45) is 0 Å². The summed E-state index contributed by atoms with van der Waals surface area (Å²) in [6.45, 7) is 1.94. The summed E-state index contributed by atoms with van der Waals surface area (Å²) in [6.07, 6.45) is 1.72. The highest BCUT2D eigenvalue weighted by Crippen LogP contribution is 2.31. The van der Waals surface area contributed by atoms with Crippen molar-refractivity contribution in [2.45, 2.75) is 13.5 Å². The predicted octanol–water partition coefficient (Wildman–Crippen LogP) is 2.72. The van der Waals surface area contributed by atoms with E-state index in [0.29, 0.717) is 21.4 Å². The minimum Gasteiger partial charge on any atom is -0.397 e. The number of amides is 1. The Morgan fingerprint density at radius 2 is 2.21 bits per heavy atom. The summed E-state index contributed by atoms with van der Waals surface area (Å²) in [5.74, 6) is -0.265. The van der Waals surface area contributed by atoms with E-state index >= 15 is 0 Å². The summed E-state index contributed by atoms with van der Waals surface area (Å²) in [5, 5.41) is 7.49. The van der Waals surface area contributed by atoms with Crippen molar-refractivity contribution in [1.82, 2.24) is 9.78 Å². The summed E-state index contributed by atoms with van der Waals surface area (Å²) < 4.78 is 1.53. The first-order valence-electron chi connectivity index (χ1n) is 5.50. The minimum atomic E-state index is -0.265. The highest BCUT2D eigenvalue weighted by Gasteiger charge is 2.11. The van der Waals surface area contributed by atoms with Crippen LogP contribution in [0.4, 0.5) is 11.4 Å². The third kappa shape index (κ3) is 3.39. The van der Waals surface area contributed by atoms with Crippen LogP contribution in [0, 0.1) is 6.92 Å². The summed E-state index contributed by atoms with van der Waals surface area (Å²) >= 11 is 11.8. The summed E-state index contributed by atoms with van der Waals surface area (Å²) in [7, 11) is 0. The molecule has 1 aromatic carbocycles. The molecule has 7 heteroatoms. The van der Waals surface area contributed by atoms with Crippen LogP contribution in [0.2, 0.25) is 10.0 Å². The van der Waals surface area contributed by atoms with Gasteiger partial charge in [-0.15, -0.1) is 0 Å². The van der Waals surface area contributed by atoms with Gasteiger partial charge in [0.1, 0.15) is 6.54 Å². The number of aryl methyl sites for hydroxylation is 1. The van der Waals surface area contributed by atoms with Gasteiger partial charge in [-0.3, -0.25) is 9.48 Å². The van der Waals surface area contributed by atoms with Gasteiger partial charge in [-0.2, -0.15) is 5.10 Å². The molecule has 0 spiro atoms. The fraction of sp³-hybridized carbons (Fsp3) is 0.167. The topological polar surface area (TPSA) is 72.9 Å². The number of nitrogens with two attached hydrogens (primary N) is 1. The number of hydrogen-bond donors (Lipinski definition) is 2. The molecule has 1 heterocycles. The Hall–Kier alpha value is -1.72. The SMILES string of the molecule is Cc1ccn(CC(=O)Nc2c(N)cc(Cl)cc2Cl)n1. The van der Waals surface area contributed by atoms with E-state index in [1.165, 1.54) is 16.8 Å². The van der Waals surface area contributed by atoms with Crippen LogP contribution in [0.15, 0.2) is 24.4 Å². The second kappa shape index (κ2) is 5.50. The van der Waals surface area contributed by atoms with Gasteiger partial charge in [-0.25, -0.2) is 0 Å². The zero-order valence-electron chi connectivity index (χ0n) is 10.2. The van der Waals surface area contributed by atoms with Crippen molar-refractivity contribution >= 4 is 40.5 Å². The van der Waals surface area contributed by atoms with Gasteiger partial charge >= 0.3 is 0 Å². The molecule has 5 nitrogen and oxygen atoms in total. The van der Waals surface area contributed by atoms with Gasteiger partial charge in [-0.05, 0) is 25.1 Å². The number of benzene rings is 1. The lowest BCUT2D eigenvalue weighted by Crippen LogP contribution is -2.20. The fourth-order valence-electron chi connectivity index (χ4n) is 1.60. The molecule has 0 saturated carbocycles. The zero-order valence-corrected chi connectivity index (χ0v) is 11.7. The van der Waals surface area contributed by atoms with E-state index in [1.54, 1.807) is 6.20 Å². The Morgan fingerprint density at radius 1 is 1.47 bits per heavy atom. The van der Waals surface area contributed by atoms with Crippen molar-refractivity contribution in [3.8, 4) is 0 Å². The zero-order chi connectivity index (χ0) is 14.0. The Bertz CT molecular complexity index is 601. The number of hydrogen-bond acceptors (Lipinski definition) is 3. The number of nitrogens with zero attached hydrogens (tertiary/aromatic N) is 2. The van der Waals surface area contributed by atoms with Crippen molar-refractivity contribution < 1.29 is 4.79 Å². The second-order valence-electron chi connectivity index (χ2n) is 4.05. The van der Waals surface area contributed by atoms with Gasteiger partial charge in [0.2, 0.25) is 5.91 Å². The molecule has 3 N–H and O–H groups in total. The summed E-state index contributed by atoms with van der Waals surface area (Å²) in [6, 6.07) is 4.87. The second-order valence-corrected chi connectivity index (χ2v) is 4.90. The first-order valence-corrected chi connectivity index (χ1v) is 6.25. The van der Waals surface area contributed by atoms with E-state index in [0.717, 1.165) is 5.69 Å². The van der Waals surface area contributed by atoms with E-state index in [4.69, 9.17) is 28.9 Å². The lowest BCUT2D eigenvalue weighted by atomic mass is 10.2. The average molecular weight is 299 g/mol. The maximum atomic E-state index is 11.9. The highest BCUT2D eigenvalue weighted by atomic mass is 35.5. The third-order valence-corrected chi connectivity index (χ3v) is 2.95. The van der Waals surface area contributed by atoms with E-state index in [-0.39, 0.29) is 12.5 Å². The molecule has 0 radical (unpaired) electrons. The highest BCUT2D eigenvalue weighted by molar-refractivity contribution is 6.37. The standard InChI is InChI=1S/C12H12Cl2N4O/c1-7-2-3-18(17-7)6-11(19)16-12-9(14)4-8(13)5-10(12)15/h2-5H,6,15H2,1H3,(H,16,19). The number of carbonyl (C=O) groups is 1. The Morgan fingerprint density at radius 3 is 2.79 bits per heavy atom. The van der Waals surface area contributed by atoms with Gasteiger partial charge in [0.15, 0.2) is 0 Å². The Kier molecular flexibility index (Phi) is 3.97. The van der Waals surface area contributed by atoms with Crippen LogP contribution in [0.1, 0.15) is 5.69 Å². The van der Waals surface area contributed by atoms with Crippen molar-refractivity contribution in [1.29, 1.82) is 0 Å². The van der Waals surface area contributed by atoms with Crippen LogP contribution in [0.25, 0.3) is 0 Å². The maximum Gasteiger partial charge on any atom is 0.246 e. The van der Waals surface area contributed by atoms with Crippen LogP contribution in [-0.2, 0) is 11.3 Å². The van der Waals surface area contributed by atoms with Crippen LogP contribution >= 0.6 is 23.2 Å². The molecule has 2 aromatic rings. The number of anilines is 2. The first kappa shape index (κ1) is 13.7. The molecular formula is C12H12Cl2N4O. The predicted molar refractivity (Wildman–Crippen MR) is 76.5 cm³/mol. The van der Waals surface area contributed by atoms with Crippen molar-refractivity contribution in [3.63, 3.8) is 0 Å². The van der Waals surface area contributed by atoms with Crippen LogP contribution in [-0.4, -0.2) is 15.7 Å². The molecule has 0 aliphatic carbocycles. The number of nitrogen functional groups attached to an aromatic ring is 1. The Labute approximate surface area is 120 Å². The smallest absolute Gasteiger partial charge is 0.246 e. The number of rotatable bonds is 3. The molecule has 19 heavy (non-hydrogen) atoms. The molecule has 0 atom stereocenters. The fourth-order valence-corrected chi connectivity index (χ4v) is 2.16. The number of nitrogens with one attached hydrogen (secondary N) is 1. The molecule has 0 saturated heterocycles. The number of halogens is 2. The largest absolute Gasteiger partial charge is 0.397 e. The van der Waals surface area contributed by atoms with Crippen LogP contribution in [0.5, 0.6) is 0 Å². The van der Waals surface area contributed by atoms with Gasteiger partial charge in [0, 0.05) is 11.2 Å². The molecule has 2 rings (SSSR count). The first-order chi connectivity index (χ1) is 8.95. The van der Waals surface area contributed by atoms with Gasteiger partial charge < -0.3 is 11.1 Å². The quantitative estimate of drug-likeness (QED) is 0.856. The average Bonchev–Trinajstić information content (AvgIpc) is 2.69. The molecular weight excluding hydrogens is 287 g/mol. The molecule has 1 amide bonds. The molecule has 0 aliphatic rings. The normalized spacial score (nSPS) is 10.5. The van der Waals surface area contributed by atoms with E-state index in [9.17, 15) is 4.79 Å². The summed E-state index contributed by atoms with van der Waals surface area (Å²) in [5.41, 5.74) is 7.29. The van der Waals surface area contributed by atoms with Crippen LogP contribution in [0.3, 0.4) is 0 Å². The third-order valence-electron chi connectivity index (χ3n) is 2.43. The van der Waals surface area contributed by atoms with Gasteiger partial charge in [-0.1, -0.05) is 23.2 Å². The molecule has 100 valence electrons. The van der Waals surface area contributed by atoms with Gasteiger partial charge in [0.05, 0.1) is 22.1 Å². The minimum absolute atomic E-state index is 0.0895. The van der Waals surface area contributed by atoms with Crippen molar-refractivity contribution in [2.75, 3.05) is 11.1 Å². The molecule has 0 fully saturated rings. The van der Waals surface area contributed by atoms with E-state index in [2.05, 4.69) is 10.4 Å². The Balaban J connectivity index is 2.11. The molecule has 0 aliphatic heterocycles. The molecule has 1 aromatic heterocycles. The van der Waals surface area contributed by atoms with Crippen LogP contribution < -0.4 is 11.1 Å². The van der Waals surface area contributed by atoms with Gasteiger partial charge in [0.25, 0.3) is 0 Å². The van der Waals surface area contributed by atoms with Crippen molar-refractivity contribution in [3.05, 3.63) is 40.1 Å². The lowest BCUT2D eigenvalue weighted by molar-refractivity contribution is -0.116. The summed E-state index contributed by atoms with van der Waals surface area (Å²) in [4.78, 5) is 11.9. The van der Waals surface area contributed by atoms with E-state index in [1.807, 2.05) is 13.0 Å². The molecule has 0 unspecified atom stereocenters. The monoisotopic (exact) mass is 298 g/mol. The lowest BCUT2D eigenvalue weighted by Gasteiger charge is -2.10. The van der Waals surface area contributed by atoms with E-state index < -0.39 is 0 Å². The molecule has 0 bridgehead atoms. The number of aromatic nitrogens is 2. The maximum absolute atomic E-state index is 11.9. The number of carbonyl (C=O) groups excluding carboxylic acids is 1.